The average molecular weight is 553 g/mol. The standard InChI is InChI=1S/C26H22F2N6O2S2/c27-18-5-3-17(4-6-18)23-24(34-14-15-37-26(34)32-23)22-11-12-29-25(31-22)30-20-2-1-13-33(16-20)38(35,36)21-9-7-19(28)8-10-21/h3-12,14-15,20H,1-2,13,16H2,(H,29,30,31). The second kappa shape index (κ2) is 9.86. The van der Waals surface area contributed by atoms with Crippen LogP contribution in [0.15, 0.2) is 77.3 Å². The van der Waals surface area contributed by atoms with Gasteiger partial charge < -0.3 is 5.32 Å². The number of hydrogen-bond donors (Lipinski definition) is 1. The molecule has 1 saturated heterocycles. The van der Waals surface area contributed by atoms with Crippen LogP contribution >= 0.6 is 11.3 Å². The van der Waals surface area contributed by atoms with E-state index in [1.54, 1.807) is 24.4 Å². The van der Waals surface area contributed by atoms with Crippen molar-refractivity contribution in [1.82, 2.24) is 23.7 Å². The van der Waals surface area contributed by atoms with Crippen LogP contribution in [0.2, 0.25) is 0 Å². The van der Waals surface area contributed by atoms with Crippen molar-refractivity contribution in [3.05, 3.63) is 84.0 Å². The van der Waals surface area contributed by atoms with E-state index in [9.17, 15) is 17.2 Å². The number of sulfonamides is 1. The summed E-state index contributed by atoms with van der Waals surface area (Å²) in [4.78, 5) is 14.7. The molecule has 0 radical (unpaired) electrons. The number of aromatic nitrogens is 4. The largest absolute Gasteiger partial charge is 0.350 e. The third kappa shape index (κ3) is 4.66. The van der Waals surface area contributed by atoms with Gasteiger partial charge in [0.2, 0.25) is 16.0 Å². The molecule has 5 aromatic rings. The third-order valence-electron chi connectivity index (χ3n) is 6.45. The molecule has 0 aliphatic carbocycles. The fraction of sp³-hybridized carbons (Fsp3) is 0.192. The minimum absolute atomic E-state index is 0.0617. The van der Waals surface area contributed by atoms with Crippen LogP contribution in [0.1, 0.15) is 12.8 Å². The highest BCUT2D eigenvalue weighted by Gasteiger charge is 2.30. The Kier molecular flexibility index (Phi) is 6.38. The maximum atomic E-state index is 13.6. The molecular weight excluding hydrogens is 530 g/mol. The van der Waals surface area contributed by atoms with Crippen molar-refractivity contribution in [3.8, 4) is 22.6 Å². The van der Waals surface area contributed by atoms with Crippen LogP contribution < -0.4 is 5.32 Å². The zero-order valence-corrected chi connectivity index (χ0v) is 21.6. The van der Waals surface area contributed by atoms with Crippen molar-refractivity contribution in [2.24, 2.45) is 0 Å². The van der Waals surface area contributed by atoms with Crippen molar-refractivity contribution in [3.63, 3.8) is 0 Å². The lowest BCUT2D eigenvalue weighted by Crippen LogP contribution is -2.45. The van der Waals surface area contributed by atoms with Gasteiger partial charge in [-0.05, 0) is 67.4 Å². The zero-order valence-electron chi connectivity index (χ0n) is 20.0. The maximum absolute atomic E-state index is 13.6. The van der Waals surface area contributed by atoms with Crippen LogP contribution in [0.25, 0.3) is 27.6 Å². The minimum Gasteiger partial charge on any atom is -0.350 e. The van der Waals surface area contributed by atoms with Gasteiger partial charge >= 0.3 is 0 Å². The summed E-state index contributed by atoms with van der Waals surface area (Å²) in [7, 11) is -3.76. The molecule has 194 valence electrons. The lowest BCUT2D eigenvalue weighted by atomic mass is 10.1. The molecule has 8 nitrogen and oxygen atoms in total. The highest BCUT2D eigenvalue weighted by Crippen LogP contribution is 2.34. The number of benzene rings is 2. The molecular formula is C26H22F2N6O2S2. The molecule has 6 rings (SSSR count). The summed E-state index contributed by atoms with van der Waals surface area (Å²) in [5.41, 5.74) is 2.82. The van der Waals surface area contributed by atoms with Gasteiger partial charge in [-0.25, -0.2) is 32.2 Å². The molecule has 38 heavy (non-hydrogen) atoms. The van der Waals surface area contributed by atoms with Crippen molar-refractivity contribution >= 4 is 32.3 Å². The molecule has 3 aromatic heterocycles. The molecule has 0 spiro atoms. The minimum atomic E-state index is -3.76. The fourth-order valence-electron chi connectivity index (χ4n) is 4.62. The summed E-state index contributed by atoms with van der Waals surface area (Å²) < 4.78 is 56.4. The predicted molar refractivity (Wildman–Crippen MR) is 141 cm³/mol. The summed E-state index contributed by atoms with van der Waals surface area (Å²) in [6, 6.07) is 12.6. The summed E-state index contributed by atoms with van der Waals surface area (Å²) >= 11 is 1.48. The summed E-state index contributed by atoms with van der Waals surface area (Å²) in [6.07, 6.45) is 4.95. The first-order valence-electron chi connectivity index (χ1n) is 12.0. The van der Waals surface area contributed by atoms with Crippen LogP contribution in [0.4, 0.5) is 14.7 Å². The number of thiazole rings is 1. The van der Waals surface area contributed by atoms with Gasteiger partial charge in [0.25, 0.3) is 0 Å². The first-order valence-corrected chi connectivity index (χ1v) is 14.3. The van der Waals surface area contributed by atoms with Crippen LogP contribution in [0.3, 0.4) is 0 Å². The van der Waals surface area contributed by atoms with Gasteiger partial charge in [-0.1, -0.05) is 0 Å². The first kappa shape index (κ1) is 24.6. The van der Waals surface area contributed by atoms with Gasteiger partial charge in [-0.15, -0.1) is 11.3 Å². The smallest absolute Gasteiger partial charge is 0.243 e. The van der Waals surface area contributed by atoms with Gasteiger partial charge in [0.05, 0.1) is 16.3 Å². The van der Waals surface area contributed by atoms with Crippen LogP contribution in [0.5, 0.6) is 0 Å². The number of halogens is 2. The van der Waals surface area contributed by atoms with E-state index in [2.05, 4.69) is 10.3 Å². The molecule has 1 fully saturated rings. The van der Waals surface area contributed by atoms with Gasteiger partial charge in [0.1, 0.15) is 17.3 Å². The topological polar surface area (TPSA) is 92.5 Å². The Hall–Kier alpha value is -3.74. The lowest BCUT2D eigenvalue weighted by Gasteiger charge is -2.32. The first-order chi connectivity index (χ1) is 18.4. The van der Waals surface area contributed by atoms with Gasteiger partial charge in [-0.3, -0.25) is 4.40 Å². The Labute approximate surface area is 221 Å². The Balaban J connectivity index is 1.27. The van der Waals surface area contributed by atoms with Crippen LogP contribution in [0, 0.1) is 11.6 Å². The number of nitrogens with zero attached hydrogens (tertiary/aromatic N) is 5. The summed E-state index contributed by atoms with van der Waals surface area (Å²) in [6.45, 7) is 0.612. The van der Waals surface area contributed by atoms with E-state index in [-0.39, 0.29) is 23.3 Å². The highest BCUT2D eigenvalue weighted by atomic mass is 32.2. The predicted octanol–water partition coefficient (Wildman–Crippen LogP) is 5.06. The molecule has 1 unspecified atom stereocenters. The van der Waals surface area contributed by atoms with E-state index in [1.165, 1.54) is 39.9 Å². The van der Waals surface area contributed by atoms with Crippen molar-refractivity contribution in [2.45, 2.75) is 23.8 Å². The molecule has 0 bridgehead atoms. The van der Waals surface area contributed by atoms with Crippen LogP contribution in [-0.2, 0) is 10.0 Å². The Morgan fingerprint density at radius 2 is 1.71 bits per heavy atom. The number of anilines is 1. The van der Waals surface area contributed by atoms with Gasteiger partial charge in [0.15, 0.2) is 4.96 Å². The summed E-state index contributed by atoms with van der Waals surface area (Å²) in [5.74, 6) is -0.448. The molecule has 0 amide bonds. The number of imidazole rings is 1. The highest BCUT2D eigenvalue weighted by molar-refractivity contribution is 7.89. The second-order valence-corrected chi connectivity index (χ2v) is 11.7. The molecule has 1 atom stereocenters. The third-order valence-corrected chi connectivity index (χ3v) is 9.08. The Morgan fingerprint density at radius 3 is 2.47 bits per heavy atom. The SMILES string of the molecule is O=S(=O)(c1ccc(F)cc1)N1CCCC(Nc2nccc(-c3c(-c4ccc(F)cc4)nc4sccn34)n2)C1. The van der Waals surface area contributed by atoms with Crippen molar-refractivity contribution < 1.29 is 17.2 Å². The van der Waals surface area contributed by atoms with E-state index in [1.807, 2.05) is 16.0 Å². The maximum Gasteiger partial charge on any atom is 0.243 e. The Morgan fingerprint density at radius 1 is 0.974 bits per heavy atom. The Bertz CT molecular complexity index is 1700. The van der Waals surface area contributed by atoms with E-state index >= 15 is 0 Å². The molecule has 12 heteroatoms. The molecule has 4 heterocycles. The van der Waals surface area contributed by atoms with E-state index in [0.717, 1.165) is 34.8 Å². The number of nitrogens with one attached hydrogen (secondary N) is 1. The average Bonchev–Trinajstić information content (AvgIpc) is 3.51. The molecule has 1 aliphatic heterocycles. The molecule has 2 aromatic carbocycles. The number of rotatable bonds is 6. The summed E-state index contributed by atoms with van der Waals surface area (Å²) in [5, 5.41) is 5.22. The normalized spacial score (nSPS) is 16.6. The quantitative estimate of drug-likeness (QED) is 0.317. The zero-order chi connectivity index (χ0) is 26.3. The van der Waals surface area contributed by atoms with E-state index in [0.29, 0.717) is 30.3 Å². The lowest BCUT2D eigenvalue weighted by molar-refractivity contribution is 0.326. The van der Waals surface area contributed by atoms with E-state index in [4.69, 9.17) is 9.97 Å². The van der Waals surface area contributed by atoms with E-state index < -0.39 is 15.8 Å². The van der Waals surface area contributed by atoms with Crippen molar-refractivity contribution in [2.75, 3.05) is 18.4 Å². The number of hydrogen-bond acceptors (Lipinski definition) is 7. The number of piperidine rings is 1. The van der Waals surface area contributed by atoms with Crippen LogP contribution in [-0.4, -0.2) is 51.2 Å². The van der Waals surface area contributed by atoms with Gasteiger partial charge in [0, 0.05) is 42.5 Å². The second-order valence-electron chi connectivity index (χ2n) is 8.94. The fourth-order valence-corrected chi connectivity index (χ4v) is 6.85. The molecule has 1 aliphatic rings. The molecule has 1 N–H and O–H groups in total. The van der Waals surface area contributed by atoms with Gasteiger partial charge in [-0.2, -0.15) is 4.31 Å². The number of fused-ring (bicyclic) bond motifs is 1. The monoisotopic (exact) mass is 552 g/mol. The molecule has 0 saturated carbocycles. The van der Waals surface area contributed by atoms with Crippen molar-refractivity contribution in [1.29, 1.82) is 0 Å².